The number of aryl methyl sites for hydroxylation is 1. The summed E-state index contributed by atoms with van der Waals surface area (Å²) in [6.45, 7) is 1.86. The minimum Gasteiger partial charge on any atom is -0.321 e. The Morgan fingerprint density at radius 3 is 2.38 bits per heavy atom. The van der Waals surface area contributed by atoms with E-state index in [1.807, 2.05) is 66.9 Å². The first kappa shape index (κ1) is 16.6. The van der Waals surface area contributed by atoms with Gasteiger partial charge in [-0.3, -0.25) is 4.79 Å². The molecular weight excluding hydrogens is 362 g/mol. The van der Waals surface area contributed by atoms with Gasteiger partial charge in [0.15, 0.2) is 0 Å². The van der Waals surface area contributed by atoms with Crippen molar-refractivity contribution in [2.24, 2.45) is 0 Å². The van der Waals surface area contributed by atoms with Crippen LogP contribution in [0.5, 0.6) is 0 Å². The third-order valence-electron chi connectivity index (χ3n) is 3.85. The lowest BCUT2D eigenvalue weighted by atomic mass is 10.2. The number of carbonyl (C=O) groups excluding carboxylic acids is 1. The molecule has 2 aromatic heterocycles. The number of anilines is 1. The second-order valence-corrected chi connectivity index (χ2v) is 7.56. The predicted octanol–water partition coefficient (Wildman–Crippen LogP) is 5.49. The van der Waals surface area contributed by atoms with Gasteiger partial charge in [-0.2, -0.15) is 0 Å². The number of carbonyl (C=O) groups is 1. The average molecular weight is 377 g/mol. The molecular formula is C20H15N3OS2. The van der Waals surface area contributed by atoms with E-state index in [0.717, 1.165) is 32.5 Å². The van der Waals surface area contributed by atoms with Crippen LogP contribution in [-0.4, -0.2) is 15.9 Å². The molecule has 128 valence electrons. The minimum absolute atomic E-state index is 0.135. The maximum atomic E-state index is 12.6. The van der Waals surface area contributed by atoms with Crippen molar-refractivity contribution in [3.63, 3.8) is 0 Å². The predicted molar refractivity (Wildman–Crippen MR) is 108 cm³/mol. The first-order valence-electron chi connectivity index (χ1n) is 8.05. The highest BCUT2D eigenvalue weighted by molar-refractivity contribution is 7.17. The number of rotatable bonds is 4. The molecule has 0 unspecified atom stereocenters. The van der Waals surface area contributed by atoms with Gasteiger partial charge in [0.25, 0.3) is 5.91 Å². The first-order chi connectivity index (χ1) is 12.7. The Labute approximate surface area is 159 Å². The zero-order valence-electron chi connectivity index (χ0n) is 14.0. The highest BCUT2D eigenvalue weighted by Crippen LogP contribution is 2.29. The van der Waals surface area contributed by atoms with Crippen LogP contribution in [0.15, 0.2) is 66.2 Å². The lowest BCUT2D eigenvalue weighted by Crippen LogP contribution is -2.11. The molecule has 0 saturated carbocycles. The van der Waals surface area contributed by atoms with E-state index in [1.165, 1.54) is 11.3 Å². The van der Waals surface area contributed by atoms with Gasteiger partial charge in [0.1, 0.15) is 14.9 Å². The number of thiazole rings is 2. The lowest BCUT2D eigenvalue weighted by molar-refractivity contribution is 0.103. The van der Waals surface area contributed by atoms with Crippen molar-refractivity contribution in [1.29, 1.82) is 0 Å². The summed E-state index contributed by atoms with van der Waals surface area (Å²) in [6, 6.07) is 17.6. The molecule has 6 heteroatoms. The van der Waals surface area contributed by atoms with Crippen molar-refractivity contribution in [2.75, 3.05) is 5.32 Å². The Hall–Kier alpha value is -2.83. The van der Waals surface area contributed by atoms with Gasteiger partial charge in [0, 0.05) is 28.4 Å². The summed E-state index contributed by atoms with van der Waals surface area (Å²) in [5.41, 5.74) is 3.56. The molecule has 0 spiro atoms. The summed E-state index contributed by atoms with van der Waals surface area (Å²) in [5.74, 6) is -0.135. The molecule has 26 heavy (non-hydrogen) atoms. The quantitative estimate of drug-likeness (QED) is 0.511. The van der Waals surface area contributed by atoms with Crippen molar-refractivity contribution in [3.8, 4) is 21.1 Å². The number of aromatic nitrogens is 2. The molecule has 1 N–H and O–H groups in total. The number of benzene rings is 2. The summed E-state index contributed by atoms with van der Waals surface area (Å²) in [6.07, 6.45) is 1.78. The number of hydrogen-bond acceptors (Lipinski definition) is 5. The van der Waals surface area contributed by atoms with Crippen LogP contribution in [0.3, 0.4) is 0 Å². The van der Waals surface area contributed by atoms with Gasteiger partial charge >= 0.3 is 0 Å². The van der Waals surface area contributed by atoms with E-state index in [9.17, 15) is 4.79 Å². The maximum Gasteiger partial charge on any atom is 0.267 e. The summed E-state index contributed by atoms with van der Waals surface area (Å²) in [7, 11) is 0. The molecule has 0 aliphatic heterocycles. The van der Waals surface area contributed by atoms with Crippen LogP contribution in [0.4, 0.5) is 5.69 Å². The molecule has 0 atom stereocenters. The van der Waals surface area contributed by atoms with E-state index >= 15 is 0 Å². The summed E-state index contributed by atoms with van der Waals surface area (Å²) in [4.78, 5) is 22.1. The van der Waals surface area contributed by atoms with E-state index in [0.29, 0.717) is 4.88 Å². The Morgan fingerprint density at radius 2 is 1.69 bits per heavy atom. The highest BCUT2D eigenvalue weighted by Gasteiger charge is 2.16. The van der Waals surface area contributed by atoms with Crippen molar-refractivity contribution >= 4 is 34.3 Å². The molecule has 4 rings (SSSR count). The third-order valence-corrected chi connectivity index (χ3v) is 5.87. The molecule has 4 aromatic rings. The fourth-order valence-electron chi connectivity index (χ4n) is 2.56. The van der Waals surface area contributed by atoms with Crippen LogP contribution < -0.4 is 5.32 Å². The second-order valence-electron chi connectivity index (χ2n) is 5.67. The van der Waals surface area contributed by atoms with Gasteiger partial charge in [0.2, 0.25) is 0 Å². The van der Waals surface area contributed by atoms with Gasteiger partial charge in [-0.05, 0) is 31.2 Å². The van der Waals surface area contributed by atoms with E-state index < -0.39 is 0 Å². The molecule has 0 radical (unpaired) electrons. The summed E-state index contributed by atoms with van der Waals surface area (Å²) >= 11 is 3.00. The number of amides is 1. The molecule has 0 saturated heterocycles. The Bertz CT molecular complexity index is 1020. The molecule has 0 aliphatic carbocycles. The number of nitrogens with zero attached hydrogens (tertiary/aromatic N) is 2. The SMILES string of the molecule is Cc1nc(-c2ccccc2)sc1C(=O)Nc1ccc(-c2nccs2)cc1. The van der Waals surface area contributed by atoms with Gasteiger partial charge in [0.05, 0.1) is 5.69 Å². The summed E-state index contributed by atoms with van der Waals surface area (Å²) < 4.78 is 0. The van der Waals surface area contributed by atoms with Gasteiger partial charge in [-0.25, -0.2) is 9.97 Å². The smallest absolute Gasteiger partial charge is 0.267 e. The van der Waals surface area contributed by atoms with Gasteiger partial charge < -0.3 is 5.32 Å². The monoisotopic (exact) mass is 377 g/mol. The van der Waals surface area contributed by atoms with Crippen LogP contribution in [0, 0.1) is 6.92 Å². The van der Waals surface area contributed by atoms with Crippen molar-refractivity contribution < 1.29 is 4.79 Å². The molecule has 2 aromatic carbocycles. The van der Waals surface area contributed by atoms with Gasteiger partial charge in [-0.15, -0.1) is 22.7 Å². The standard InChI is InChI=1S/C20H15N3OS2/c1-13-17(26-20(22-13)14-5-3-2-4-6-14)18(24)23-16-9-7-15(8-10-16)19-21-11-12-25-19/h2-12H,1H3,(H,23,24). The first-order valence-corrected chi connectivity index (χ1v) is 9.74. The van der Waals surface area contributed by atoms with Crippen molar-refractivity contribution in [1.82, 2.24) is 9.97 Å². The van der Waals surface area contributed by atoms with E-state index in [2.05, 4.69) is 15.3 Å². The second kappa shape index (κ2) is 7.19. The Balaban J connectivity index is 1.52. The lowest BCUT2D eigenvalue weighted by Gasteiger charge is -2.05. The Kier molecular flexibility index (Phi) is 4.60. The normalized spacial score (nSPS) is 10.7. The van der Waals surface area contributed by atoms with Crippen LogP contribution in [0.2, 0.25) is 0 Å². The number of nitrogens with one attached hydrogen (secondary N) is 1. The van der Waals surface area contributed by atoms with Gasteiger partial charge in [-0.1, -0.05) is 30.3 Å². The fourth-order valence-corrected chi connectivity index (χ4v) is 4.17. The fraction of sp³-hybridized carbons (Fsp3) is 0.0500. The maximum absolute atomic E-state index is 12.6. The van der Waals surface area contributed by atoms with Crippen molar-refractivity contribution in [2.45, 2.75) is 6.92 Å². The summed E-state index contributed by atoms with van der Waals surface area (Å²) in [5, 5.41) is 6.72. The highest BCUT2D eigenvalue weighted by atomic mass is 32.1. The van der Waals surface area contributed by atoms with Crippen molar-refractivity contribution in [3.05, 3.63) is 76.7 Å². The van der Waals surface area contributed by atoms with Crippen LogP contribution >= 0.6 is 22.7 Å². The van der Waals surface area contributed by atoms with E-state index in [1.54, 1.807) is 17.5 Å². The van der Waals surface area contributed by atoms with Crippen LogP contribution in [0.1, 0.15) is 15.4 Å². The molecule has 1 amide bonds. The van der Waals surface area contributed by atoms with Crippen LogP contribution in [-0.2, 0) is 0 Å². The minimum atomic E-state index is -0.135. The van der Waals surface area contributed by atoms with E-state index in [4.69, 9.17) is 0 Å². The average Bonchev–Trinajstić information content (AvgIpc) is 3.33. The molecule has 0 fully saturated rings. The molecule has 2 heterocycles. The zero-order chi connectivity index (χ0) is 17.9. The number of hydrogen-bond donors (Lipinski definition) is 1. The van der Waals surface area contributed by atoms with Crippen LogP contribution in [0.25, 0.3) is 21.1 Å². The van der Waals surface area contributed by atoms with E-state index in [-0.39, 0.29) is 5.91 Å². The largest absolute Gasteiger partial charge is 0.321 e. The molecule has 4 nitrogen and oxygen atoms in total. The molecule has 0 bridgehead atoms. The topological polar surface area (TPSA) is 54.9 Å². The molecule has 0 aliphatic rings. The zero-order valence-corrected chi connectivity index (χ0v) is 15.6. The third kappa shape index (κ3) is 3.42. The Morgan fingerprint density at radius 1 is 0.962 bits per heavy atom.